The molecule has 0 saturated carbocycles. The van der Waals surface area contributed by atoms with Gasteiger partial charge in [0.25, 0.3) is 0 Å². The highest BCUT2D eigenvalue weighted by Crippen LogP contribution is 2.53. The van der Waals surface area contributed by atoms with Gasteiger partial charge in [-0.2, -0.15) is 39.5 Å². The number of carbonyl (C=O) groups is 1. The van der Waals surface area contributed by atoms with Crippen molar-refractivity contribution >= 4 is 5.97 Å². The molecule has 0 fully saturated rings. The Hall–Kier alpha value is -1.68. The molecule has 0 amide bonds. The Bertz CT molecular complexity index is 397. The number of hydrogen-bond acceptors (Lipinski definition) is 1. The number of halogens is 9. The van der Waals surface area contributed by atoms with Gasteiger partial charge in [-0.25, -0.2) is 4.79 Å². The van der Waals surface area contributed by atoms with E-state index in [1.165, 1.54) is 6.92 Å². The van der Waals surface area contributed by atoms with Crippen molar-refractivity contribution in [2.45, 2.75) is 30.9 Å². The van der Waals surface area contributed by atoms with E-state index in [2.05, 4.69) is 13.2 Å². The number of carboxylic acid groups (broad SMARTS) is 1. The smallest absolute Gasteiger partial charge is 0.460 e. The van der Waals surface area contributed by atoms with Gasteiger partial charge in [-0.05, 0) is 13.0 Å². The van der Waals surface area contributed by atoms with Crippen LogP contribution in [0.15, 0.2) is 24.8 Å². The summed E-state index contributed by atoms with van der Waals surface area (Å²) in [5.41, 5.74) is 0.176. The van der Waals surface area contributed by atoms with Crippen LogP contribution in [0.3, 0.4) is 0 Å². The van der Waals surface area contributed by atoms with E-state index < -0.39 is 36.0 Å². The van der Waals surface area contributed by atoms with Crippen LogP contribution in [0, 0.1) is 0 Å². The maximum Gasteiger partial charge on any atom is 0.460 e. The van der Waals surface area contributed by atoms with Gasteiger partial charge in [0.2, 0.25) is 0 Å². The summed E-state index contributed by atoms with van der Waals surface area (Å²) in [4.78, 5) is 9.60. The van der Waals surface area contributed by atoms with E-state index in [0.717, 1.165) is 0 Å². The molecule has 0 aliphatic heterocycles. The highest BCUT2D eigenvalue weighted by molar-refractivity contribution is 5.84. The molecule has 0 heterocycles. The first-order valence-electron chi connectivity index (χ1n) is 4.68. The van der Waals surface area contributed by atoms with Crippen molar-refractivity contribution in [3.05, 3.63) is 24.8 Å². The monoisotopic (exact) mass is 332 g/mol. The lowest BCUT2D eigenvalue weighted by Crippen LogP contribution is -2.60. The summed E-state index contributed by atoms with van der Waals surface area (Å²) in [5, 5.41) is 7.89. The highest BCUT2D eigenvalue weighted by Gasteiger charge is 2.80. The van der Waals surface area contributed by atoms with Gasteiger partial charge in [0.1, 0.15) is 0 Å². The second-order valence-corrected chi connectivity index (χ2v) is 3.56. The third kappa shape index (κ3) is 4.67. The molecule has 0 aromatic rings. The summed E-state index contributed by atoms with van der Waals surface area (Å²) >= 11 is 0. The third-order valence-electron chi connectivity index (χ3n) is 1.79. The zero-order valence-corrected chi connectivity index (χ0v) is 10.2. The standard InChI is InChI=1S/C6H3F9.C4H6O2/c1-2-3(7,8)4(9,10)5(11,12)6(13,14)15;1-3(2)4(5)6/h2H,1H2;1H2,2H3,(H,5,6). The fraction of sp³-hybridized carbons (Fsp3) is 0.500. The lowest BCUT2D eigenvalue weighted by molar-refractivity contribution is -0.388. The van der Waals surface area contributed by atoms with Crippen molar-refractivity contribution in [1.82, 2.24) is 0 Å². The predicted octanol–water partition coefficient (Wildman–Crippen LogP) is 4.29. The van der Waals surface area contributed by atoms with Crippen LogP contribution in [-0.4, -0.2) is 35.0 Å². The molecule has 0 radical (unpaired) electrons. The molecule has 0 aromatic carbocycles. The molecule has 0 bridgehead atoms. The fourth-order valence-corrected chi connectivity index (χ4v) is 0.516. The Balaban J connectivity index is 0. The Labute approximate surface area is 112 Å². The Morgan fingerprint density at radius 3 is 1.38 bits per heavy atom. The van der Waals surface area contributed by atoms with Crippen molar-refractivity contribution in [2.24, 2.45) is 0 Å². The van der Waals surface area contributed by atoms with Crippen molar-refractivity contribution in [2.75, 3.05) is 0 Å². The van der Waals surface area contributed by atoms with Gasteiger partial charge in [-0.3, -0.25) is 0 Å². The highest BCUT2D eigenvalue weighted by atomic mass is 19.4. The molecule has 0 aliphatic rings. The van der Waals surface area contributed by atoms with Crippen LogP contribution in [0.2, 0.25) is 0 Å². The minimum absolute atomic E-state index is 0.176. The minimum Gasteiger partial charge on any atom is -0.478 e. The van der Waals surface area contributed by atoms with Gasteiger partial charge in [-0.15, -0.1) is 0 Å². The summed E-state index contributed by atoms with van der Waals surface area (Å²) < 4.78 is 107. The molecule has 0 unspecified atom stereocenters. The molecule has 11 heteroatoms. The van der Waals surface area contributed by atoms with Crippen LogP contribution in [0.4, 0.5) is 39.5 Å². The van der Waals surface area contributed by atoms with E-state index in [4.69, 9.17) is 5.11 Å². The van der Waals surface area contributed by atoms with E-state index >= 15 is 0 Å². The van der Waals surface area contributed by atoms with Gasteiger partial charge >= 0.3 is 29.9 Å². The first-order chi connectivity index (χ1) is 8.95. The second kappa shape index (κ2) is 6.39. The van der Waals surface area contributed by atoms with Gasteiger partial charge in [0, 0.05) is 5.57 Å². The van der Waals surface area contributed by atoms with Gasteiger partial charge in [0.15, 0.2) is 0 Å². The quantitative estimate of drug-likeness (QED) is 0.474. The number of allylic oxidation sites excluding steroid dienone is 1. The number of hydrogen-bond donors (Lipinski definition) is 1. The number of aliphatic carboxylic acids is 1. The lowest BCUT2D eigenvalue weighted by atomic mass is 10.0. The van der Waals surface area contributed by atoms with Gasteiger partial charge < -0.3 is 5.11 Å². The molecule has 2 nitrogen and oxygen atoms in total. The summed E-state index contributed by atoms with van der Waals surface area (Å²) in [7, 11) is 0. The average molecular weight is 332 g/mol. The Morgan fingerprint density at radius 2 is 1.24 bits per heavy atom. The number of alkyl halides is 9. The molecule has 0 atom stereocenters. The first-order valence-corrected chi connectivity index (χ1v) is 4.68. The van der Waals surface area contributed by atoms with E-state index in [0.29, 0.717) is 0 Å². The number of carboxylic acids is 1. The molecule has 0 aromatic heterocycles. The van der Waals surface area contributed by atoms with Gasteiger partial charge in [-0.1, -0.05) is 13.2 Å². The molecule has 0 aliphatic carbocycles. The molecule has 1 N–H and O–H groups in total. The normalized spacial score (nSPS) is 13.0. The van der Waals surface area contributed by atoms with Crippen LogP contribution < -0.4 is 0 Å². The molecule has 0 saturated heterocycles. The zero-order valence-electron chi connectivity index (χ0n) is 10.2. The predicted molar refractivity (Wildman–Crippen MR) is 53.5 cm³/mol. The van der Waals surface area contributed by atoms with Crippen LogP contribution >= 0.6 is 0 Å². The fourth-order valence-electron chi connectivity index (χ4n) is 0.516. The van der Waals surface area contributed by atoms with Crippen LogP contribution in [0.1, 0.15) is 6.92 Å². The second-order valence-electron chi connectivity index (χ2n) is 3.56. The van der Waals surface area contributed by atoms with Crippen molar-refractivity contribution in [3.63, 3.8) is 0 Å². The lowest BCUT2D eigenvalue weighted by Gasteiger charge is -2.31. The van der Waals surface area contributed by atoms with Crippen LogP contribution in [0.25, 0.3) is 0 Å². The third-order valence-corrected chi connectivity index (χ3v) is 1.79. The zero-order chi connectivity index (χ0) is 17.9. The molecular weight excluding hydrogens is 323 g/mol. The van der Waals surface area contributed by atoms with Crippen LogP contribution in [0.5, 0.6) is 0 Å². The number of rotatable bonds is 4. The van der Waals surface area contributed by atoms with Crippen molar-refractivity contribution < 1.29 is 49.4 Å². The summed E-state index contributed by atoms with van der Waals surface area (Å²) in [6.45, 7) is 6.67. The first kappa shape index (κ1) is 21.6. The molecule has 0 spiro atoms. The topological polar surface area (TPSA) is 37.3 Å². The Kier molecular flexibility index (Phi) is 6.58. The van der Waals surface area contributed by atoms with Crippen molar-refractivity contribution in [1.29, 1.82) is 0 Å². The maximum absolute atomic E-state index is 12.2. The minimum atomic E-state index is -6.84. The molecular formula is C10H9F9O2. The van der Waals surface area contributed by atoms with E-state index in [1.54, 1.807) is 0 Å². The van der Waals surface area contributed by atoms with Crippen molar-refractivity contribution in [3.8, 4) is 0 Å². The SMILES string of the molecule is C=C(C)C(=O)O.C=CC(F)(F)C(F)(F)C(F)(F)C(F)(F)F. The largest absolute Gasteiger partial charge is 0.478 e. The van der Waals surface area contributed by atoms with Crippen LogP contribution in [-0.2, 0) is 4.79 Å². The van der Waals surface area contributed by atoms with E-state index in [9.17, 15) is 44.3 Å². The molecule has 21 heavy (non-hydrogen) atoms. The Morgan fingerprint density at radius 1 is 0.952 bits per heavy atom. The molecule has 0 rings (SSSR count). The van der Waals surface area contributed by atoms with E-state index in [-0.39, 0.29) is 5.57 Å². The summed E-state index contributed by atoms with van der Waals surface area (Å²) in [6.07, 6.45) is -7.74. The van der Waals surface area contributed by atoms with Gasteiger partial charge in [0.05, 0.1) is 0 Å². The summed E-state index contributed by atoms with van der Waals surface area (Å²) in [5.74, 6) is -20.0. The summed E-state index contributed by atoms with van der Waals surface area (Å²) in [6, 6.07) is 0. The van der Waals surface area contributed by atoms with E-state index in [1.807, 2.05) is 0 Å². The molecule has 124 valence electrons. The maximum atomic E-state index is 12.2. The average Bonchev–Trinajstić information content (AvgIpc) is 2.27.